The van der Waals surface area contributed by atoms with Gasteiger partial charge in [0.05, 0.1) is 12.0 Å². The highest BCUT2D eigenvalue weighted by Crippen LogP contribution is 2.65. The van der Waals surface area contributed by atoms with Gasteiger partial charge in [-0.25, -0.2) is 0 Å². The van der Waals surface area contributed by atoms with Gasteiger partial charge in [0.15, 0.2) is 5.78 Å². The van der Waals surface area contributed by atoms with E-state index < -0.39 is 0 Å². The van der Waals surface area contributed by atoms with E-state index in [0.717, 1.165) is 64.2 Å². The van der Waals surface area contributed by atoms with E-state index in [1.54, 1.807) is 0 Å². The highest BCUT2D eigenvalue weighted by Gasteiger charge is 2.60. The van der Waals surface area contributed by atoms with Crippen molar-refractivity contribution >= 4 is 17.7 Å². The van der Waals surface area contributed by atoms with Gasteiger partial charge in [-0.2, -0.15) is 0 Å². The zero-order chi connectivity index (χ0) is 31.2. The summed E-state index contributed by atoms with van der Waals surface area (Å²) in [5, 5.41) is 3.10. The van der Waals surface area contributed by atoms with Crippen molar-refractivity contribution in [2.24, 2.45) is 28.6 Å². The van der Waals surface area contributed by atoms with E-state index in [4.69, 9.17) is 9.47 Å². The van der Waals surface area contributed by atoms with Crippen LogP contribution in [0.3, 0.4) is 0 Å². The Bertz CT molecular complexity index is 1290. The molecule has 3 saturated carbocycles. The third kappa shape index (κ3) is 5.92. The van der Waals surface area contributed by atoms with Crippen molar-refractivity contribution < 1.29 is 23.9 Å². The number of carbonyl (C=O) groups is 3. The zero-order valence-electron chi connectivity index (χ0n) is 27.4. The van der Waals surface area contributed by atoms with Gasteiger partial charge < -0.3 is 14.8 Å². The number of ketones is 1. The minimum Gasteiger partial charge on any atom is -0.462 e. The lowest BCUT2D eigenvalue weighted by Gasteiger charge is -2.57. The second-order valence-corrected chi connectivity index (χ2v) is 15.9. The second-order valence-electron chi connectivity index (χ2n) is 15.9. The molecule has 1 aliphatic heterocycles. The first-order valence-corrected chi connectivity index (χ1v) is 17.3. The van der Waals surface area contributed by atoms with E-state index in [1.807, 2.05) is 12.1 Å². The molecule has 44 heavy (non-hydrogen) atoms. The third-order valence-corrected chi connectivity index (χ3v) is 12.9. The fourth-order valence-corrected chi connectivity index (χ4v) is 10.5. The van der Waals surface area contributed by atoms with E-state index in [9.17, 15) is 14.4 Å². The van der Waals surface area contributed by atoms with Crippen molar-refractivity contribution in [3.8, 4) is 0 Å². The molecule has 1 N–H and O–H groups in total. The standard InChI is InChI=1S/C38H53NO5/c1-35(2)25-38(21-23-43-35,26-8-6-5-7-9-26)20-22-39-33(41)14-15-34(42)44-32-13-12-30-29-11-10-27-24-28(40)16-18-36(27,3)31(29)17-19-37(30,32)4/h5-9,24,29-32H,10-23,25H2,1-4H3,(H,39,41)/t29-,30-,31-,32+,36-,37-,38-/m0/s1. The number of hydrogen-bond donors (Lipinski definition) is 1. The van der Waals surface area contributed by atoms with Crippen molar-refractivity contribution in [2.75, 3.05) is 13.2 Å². The molecule has 0 unspecified atom stereocenters. The SMILES string of the molecule is CC1(C)C[C@@](CCNC(=O)CCC(=O)O[C@@H]2CC[C@H]3[C@@H]4CCC5=CC(=O)CC[C@]5(C)[C@H]4CC[C@]23C)(c2ccccc2)CCO1. The molecule has 1 aromatic rings. The molecule has 6 heteroatoms. The maximum absolute atomic E-state index is 13.0. The number of carbonyl (C=O) groups excluding carboxylic acids is 3. The van der Waals surface area contributed by atoms with Gasteiger partial charge in [0.1, 0.15) is 6.10 Å². The number of rotatable bonds is 8. The van der Waals surface area contributed by atoms with Crippen LogP contribution in [0.2, 0.25) is 0 Å². The quantitative estimate of drug-likeness (QED) is 0.317. The monoisotopic (exact) mass is 603 g/mol. The number of fused-ring (bicyclic) bond motifs is 5. The number of amides is 1. The van der Waals surface area contributed by atoms with Crippen LogP contribution in [0, 0.1) is 28.6 Å². The van der Waals surface area contributed by atoms with Crippen LogP contribution in [0.1, 0.15) is 117 Å². The maximum atomic E-state index is 13.0. The third-order valence-electron chi connectivity index (χ3n) is 12.9. The van der Waals surface area contributed by atoms with Gasteiger partial charge in [0, 0.05) is 36.8 Å². The normalized spacial score (nSPS) is 37.6. The molecule has 0 bridgehead atoms. The van der Waals surface area contributed by atoms with Gasteiger partial charge in [-0.3, -0.25) is 14.4 Å². The summed E-state index contributed by atoms with van der Waals surface area (Å²) in [6.45, 7) is 10.3. The molecule has 1 heterocycles. The van der Waals surface area contributed by atoms with E-state index in [1.165, 1.54) is 11.1 Å². The predicted molar refractivity (Wildman–Crippen MR) is 171 cm³/mol. The molecule has 1 saturated heterocycles. The van der Waals surface area contributed by atoms with Crippen LogP contribution < -0.4 is 5.32 Å². The predicted octanol–water partition coefficient (Wildman–Crippen LogP) is 7.24. The van der Waals surface area contributed by atoms with Crippen LogP contribution in [-0.4, -0.2) is 42.5 Å². The summed E-state index contributed by atoms with van der Waals surface area (Å²) < 4.78 is 12.2. The molecule has 5 aliphatic rings. The molecular weight excluding hydrogens is 550 g/mol. The summed E-state index contributed by atoms with van der Waals surface area (Å²) in [5.41, 5.74) is 2.61. The molecule has 6 nitrogen and oxygen atoms in total. The topological polar surface area (TPSA) is 81.7 Å². The lowest BCUT2D eigenvalue weighted by atomic mass is 9.47. The Kier molecular flexibility index (Phi) is 8.62. The van der Waals surface area contributed by atoms with E-state index in [2.05, 4.69) is 57.3 Å². The summed E-state index contributed by atoms with van der Waals surface area (Å²) in [4.78, 5) is 38.0. The number of hydrogen-bond acceptors (Lipinski definition) is 5. The summed E-state index contributed by atoms with van der Waals surface area (Å²) in [6, 6.07) is 10.6. The van der Waals surface area contributed by atoms with Gasteiger partial charge in [0.2, 0.25) is 5.91 Å². The van der Waals surface area contributed by atoms with E-state index >= 15 is 0 Å². The summed E-state index contributed by atoms with van der Waals surface area (Å²) in [6.07, 6.45) is 13.0. The average Bonchev–Trinajstić information content (AvgIpc) is 3.32. The molecule has 0 radical (unpaired) electrons. The van der Waals surface area contributed by atoms with Crippen molar-refractivity contribution in [3.63, 3.8) is 0 Å². The Morgan fingerprint density at radius 1 is 0.932 bits per heavy atom. The molecule has 7 atom stereocenters. The highest BCUT2D eigenvalue weighted by atomic mass is 16.5. The first-order valence-electron chi connectivity index (χ1n) is 17.3. The van der Waals surface area contributed by atoms with Crippen LogP contribution in [0.4, 0.5) is 0 Å². The fraction of sp³-hybridized carbons (Fsp3) is 0.711. The second kappa shape index (κ2) is 12.0. The lowest BCUT2D eigenvalue weighted by Crippen LogP contribution is -2.51. The molecular formula is C38H53NO5. The molecule has 0 spiro atoms. The van der Waals surface area contributed by atoms with Gasteiger partial charge >= 0.3 is 5.97 Å². The number of ether oxygens (including phenoxy) is 2. The van der Waals surface area contributed by atoms with Crippen LogP contribution in [0.15, 0.2) is 42.0 Å². The van der Waals surface area contributed by atoms with Gasteiger partial charge in [0.25, 0.3) is 0 Å². The minimum absolute atomic E-state index is 0.00436. The molecule has 240 valence electrons. The lowest BCUT2D eigenvalue weighted by molar-refractivity contribution is -0.160. The van der Waals surface area contributed by atoms with E-state index in [-0.39, 0.29) is 52.7 Å². The van der Waals surface area contributed by atoms with Crippen molar-refractivity contribution in [1.29, 1.82) is 0 Å². The Labute approximate surface area is 264 Å². The molecule has 1 amide bonds. The van der Waals surface area contributed by atoms with Crippen LogP contribution in [0.5, 0.6) is 0 Å². The Balaban J connectivity index is 0.996. The van der Waals surface area contributed by atoms with Gasteiger partial charge in [-0.1, -0.05) is 49.8 Å². The average molecular weight is 604 g/mol. The van der Waals surface area contributed by atoms with Gasteiger partial charge in [-0.05, 0) is 113 Å². The summed E-state index contributed by atoms with van der Waals surface area (Å²) in [5.74, 6) is 1.80. The Morgan fingerprint density at radius 3 is 2.50 bits per heavy atom. The number of benzene rings is 1. The molecule has 0 aromatic heterocycles. The molecule has 4 aliphatic carbocycles. The van der Waals surface area contributed by atoms with Crippen LogP contribution in [-0.2, 0) is 29.3 Å². The van der Waals surface area contributed by atoms with E-state index in [0.29, 0.717) is 43.1 Å². The summed E-state index contributed by atoms with van der Waals surface area (Å²) in [7, 11) is 0. The smallest absolute Gasteiger partial charge is 0.306 e. The number of allylic oxidation sites excluding steroid dienone is 1. The van der Waals surface area contributed by atoms with Crippen LogP contribution in [0.25, 0.3) is 0 Å². The number of esters is 1. The maximum Gasteiger partial charge on any atom is 0.306 e. The largest absolute Gasteiger partial charge is 0.462 e. The zero-order valence-corrected chi connectivity index (χ0v) is 27.4. The van der Waals surface area contributed by atoms with Crippen LogP contribution >= 0.6 is 0 Å². The van der Waals surface area contributed by atoms with Crippen molar-refractivity contribution in [3.05, 3.63) is 47.5 Å². The molecule has 4 fully saturated rings. The highest BCUT2D eigenvalue weighted by molar-refractivity contribution is 5.91. The minimum atomic E-state index is -0.243. The summed E-state index contributed by atoms with van der Waals surface area (Å²) >= 11 is 0. The first-order chi connectivity index (χ1) is 20.9. The van der Waals surface area contributed by atoms with Gasteiger partial charge in [-0.15, -0.1) is 0 Å². The first kappa shape index (κ1) is 31.5. The Morgan fingerprint density at radius 2 is 1.73 bits per heavy atom. The Hall–Kier alpha value is -2.47. The molecule has 6 rings (SSSR count). The van der Waals surface area contributed by atoms with Crippen molar-refractivity contribution in [1.82, 2.24) is 5.32 Å². The fourth-order valence-electron chi connectivity index (χ4n) is 10.5. The molecule has 1 aromatic carbocycles. The number of nitrogens with one attached hydrogen (secondary N) is 1. The van der Waals surface area contributed by atoms with Crippen molar-refractivity contribution in [2.45, 2.75) is 128 Å².